The number of carbonyl (C=O) groups is 2. The molecule has 3 aromatic rings. The second-order valence-corrected chi connectivity index (χ2v) is 8.63. The van der Waals surface area contributed by atoms with Gasteiger partial charge in [-0.3, -0.25) is 9.59 Å². The van der Waals surface area contributed by atoms with Crippen LogP contribution < -0.4 is 20.1 Å². The molecule has 2 amide bonds. The molecule has 10 nitrogen and oxygen atoms in total. The summed E-state index contributed by atoms with van der Waals surface area (Å²) >= 11 is 0. The van der Waals surface area contributed by atoms with Crippen molar-refractivity contribution in [3.8, 4) is 11.8 Å². The van der Waals surface area contributed by atoms with Crippen molar-refractivity contribution in [2.24, 2.45) is 0 Å². The van der Waals surface area contributed by atoms with Crippen LogP contribution in [-0.4, -0.2) is 64.5 Å². The molecule has 2 aromatic carbocycles. The maximum atomic E-state index is 12.6. The van der Waals surface area contributed by atoms with Gasteiger partial charge in [0, 0.05) is 45.1 Å². The van der Waals surface area contributed by atoms with E-state index in [2.05, 4.69) is 25.6 Å². The van der Waals surface area contributed by atoms with Gasteiger partial charge in [-0.25, -0.2) is 0 Å². The third-order valence-corrected chi connectivity index (χ3v) is 5.84. The van der Waals surface area contributed by atoms with Gasteiger partial charge in [-0.1, -0.05) is 24.3 Å². The summed E-state index contributed by atoms with van der Waals surface area (Å²) < 4.78 is 11.4. The summed E-state index contributed by atoms with van der Waals surface area (Å²) in [6.07, 6.45) is 1.14. The molecule has 0 radical (unpaired) electrons. The van der Waals surface area contributed by atoms with Crippen LogP contribution in [0.15, 0.2) is 48.5 Å². The van der Waals surface area contributed by atoms with Crippen LogP contribution in [0, 0.1) is 0 Å². The van der Waals surface area contributed by atoms with Crippen LogP contribution in [0.2, 0.25) is 0 Å². The van der Waals surface area contributed by atoms with E-state index >= 15 is 0 Å². The number of hydrogen-bond acceptors (Lipinski definition) is 8. The Morgan fingerprint density at radius 2 is 1.76 bits per heavy atom. The molecule has 6 bridgehead atoms. The van der Waals surface area contributed by atoms with E-state index in [1.807, 2.05) is 43.3 Å². The van der Waals surface area contributed by atoms with E-state index < -0.39 is 0 Å². The maximum Gasteiger partial charge on any atom is 0.321 e. The Labute approximate surface area is 216 Å². The number of anilines is 1. The average molecular weight is 505 g/mol. The standard InChI is InChI=1S/C27H32N6O4/c1-3-36-27-31-24-17-20-5-9-22(10-6-20)25(35)28-13-15-33(19(2)34)14-4-16-37-23-11-7-21(8-12-23)18-29-26(30-24)32-27/h5-12H,3-4,13-18H2,1-2H3,(H,28,35)(H,29,30,31,32). The first-order chi connectivity index (χ1) is 18.0. The first kappa shape index (κ1) is 25.9. The number of benzene rings is 2. The quantitative estimate of drug-likeness (QED) is 0.547. The van der Waals surface area contributed by atoms with Crippen LogP contribution in [0.3, 0.4) is 0 Å². The average Bonchev–Trinajstić information content (AvgIpc) is 2.89. The molecule has 4 aliphatic rings. The van der Waals surface area contributed by atoms with E-state index in [4.69, 9.17) is 9.47 Å². The molecule has 37 heavy (non-hydrogen) atoms. The molecule has 0 unspecified atom stereocenters. The van der Waals surface area contributed by atoms with Crippen LogP contribution in [0.25, 0.3) is 0 Å². The molecule has 1 aromatic heterocycles. The number of aromatic nitrogens is 3. The highest BCUT2D eigenvalue weighted by molar-refractivity contribution is 5.94. The molecular formula is C27H32N6O4. The van der Waals surface area contributed by atoms with Crippen molar-refractivity contribution in [2.45, 2.75) is 33.2 Å². The Morgan fingerprint density at radius 3 is 2.49 bits per heavy atom. The number of hydrogen-bond donors (Lipinski definition) is 2. The molecule has 194 valence electrons. The van der Waals surface area contributed by atoms with E-state index in [0.717, 1.165) is 16.9 Å². The van der Waals surface area contributed by atoms with Gasteiger partial charge in [0.15, 0.2) is 0 Å². The third kappa shape index (κ3) is 7.63. The topological polar surface area (TPSA) is 119 Å². The van der Waals surface area contributed by atoms with Crippen molar-refractivity contribution in [1.82, 2.24) is 25.2 Å². The van der Waals surface area contributed by atoms with E-state index in [9.17, 15) is 9.59 Å². The Kier molecular flexibility index (Phi) is 8.85. The lowest BCUT2D eigenvalue weighted by molar-refractivity contribution is -0.128. The lowest BCUT2D eigenvalue weighted by Gasteiger charge is -2.21. The number of carbonyl (C=O) groups excluding carboxylic acids is 2. The largest absolute Gasteiger partial charge is 0.494 e. The van der Waals surface area contributed by atoms with Gasteiger partial charge in [0.05, 0.1) is 13.2 Å². The lowest BCUT2D eigenvalue weighted by Crippen LogP contribution is -2.38. The predicted molar refractivity (Wildman–Crippen MR) is 139 cm³/mol. The first-order valence-corrected chi connectivity index (χ1v) is 12.5. The van der Waals surface area contributed by atoms with Crippen molar-refractivity contribution in [3.63, 3.8) is 0 Å². The van der Waals surface area contributed by atoms with Gasteiger partial charge >= 0.3 is 6.01 Å². The molecule has 0 saturated heterocycles. The smallest absolute Gasteiger partial charge is 0.321 e. The van der Waals surface area contributed by atoms with E-state index in [1.54, 1.807) is 17.0 Å². The summed E-state index contributed by atoms with van der Waals surface area (Å²) in [5, 5.41) is 6.14. The molecular weight excluding hydrogens is 472 g/mol. The van der Waals surface area contributed by atoms with Crippen molar-refractivity contribution in [3.05, 3.63) is 71.0 Å². The van der Waals surface area contributed by atoms with Crippen LogP contribution in [0.1, 0.15) is 47.6 Å². The molecule has 0 spiro atoms. The van der Waals surface area contributed by atoms with Crippen molar-refractivity contribution >= 4 is 17.8 Å². The van der Waals surface area contributed by atoms with Crippen molar-refractivity contribution in [1.29, 1.82) is 0 Å². The SMILES string of the molecule is CCOc1nc2nc(n1)NCc1ccc(cc1)OCCCN(C(C)=O)CCNC(=O)c1ccc(cc1)C2. The van der Waals surface area contributed by atoms with Gasteiger partial charge in [0.25, 0.3) is 5.91 Å². The molecule has 0 aliphatic carbocycles. The van der Waals surface area contributed by atoms with Crippen LogP contribution in [-0.2, 0) is 17.8 Å². The number of nitrogens with one attached hydrogen (secondary N) is 2. The molecule has 2 N–H and O–H groups in total. The second-order valence-electron chi connectivity index (χ2n) is 8.63. The number of ether oxygens (including phenoxy) is 2. The Bertz CT molecular complexity index is 1200. The number of nitrogens with zero attached hydrogens (tertiary/aromatic N) is 4. The minimum atomic E-state index is -0.190. The summed E-state index contributed by atoms with van der Waals surface area (Å²) in [6, 6.07) is 15.4. The Hall–Kier alpha value is -4.21. The predicted octanol–water partition coefficient (Wildman–Crippen LogP) is 2.83. The van der Waals surface area contributed by atoms with E-state index in [0.29, 0.717) is 69.6 Å². The zero-order valence-corrected chi connectivity index (χ0v) is 21.2. The lowest BCUT2D eigenvalue weighted by atomic mass is 10.1. The van der Waals surface area contributed by atoms with Crippen LogP contribution in [0.5, 0.6) is 11.8 Å². The molecule has 4 aliphatic heterocycles. The summed E-state index contributed by atoms with van der Waals surface area (Å²) in [5.74, 6) is 1.52. The minimum Gasteiger partial charge on any atom is -0.494 e. The first-order valence-electron chi connectivity index (χ1n) is 12.5. The zero-order chi connectivity index (χ0) is 26.0. The van der Waals surface area contributed by atoms with Crippen LogP contribution >= 0.6 is 0 Å². The third-order valence-electron chi connectivity index (χ3n) is 5.84. The Morgan fingerprint density at radius 1 is 1.00 bits per heavy atom. The summed E-state index contributed by atoms with van der Waals surface area (Å²) in [4.78, 5) is 39.7. The molecule has 10 heteroatoms. The van der Waals surface area contributed by atoms with E-state index in [1.165, 1.54) is 6.92 Å². The molecule has 0 saturated carbocycles. The highest BCUT2D eigenvalue weighted by atomic mass is 16.5. The van der Waals surface area contributed by atoms with Gasteiger partial charge in [-0.15, -0.1) is 0 Å². The number of rotatable bonds is 2. The molecule has 0 atom stereocenters. The zero-order valence-electron chi connectivity index (χ0n) is 21.2. The van der Waals surface area contributed by atoms with Gasteiger partial charge in [-0.05, 0) is 48.7 Å². The monoisotopic (exact) mass is 504 g/mol. The Balaban J connectivity index is 1.55. The van der Waals surface area contributed by atoms with Crippen molar-refractivity contribution in [2.75, 3.05) is 38.2 Å². The molecule has 5 heterocycles. The van der Waals surface area contributed by atoms with Crippen molar-refractivity contribution < 1.29 is 19.1 Å². The van der Waals surface area contributed by atoms with Gasteiger partial charge in [0.2, 0.25) is 11.9 Å². The highest BCUT2D eigenvalue weighted by Crippen LogP contribution is 2.16. The summed E-state index contributed by atoms with van der Waals surface area (Å²) in [6.45, 7) is 6.21. The minimum absolute atomic E-state index is 0.0335. The number of amides is 2. The summed E-state index contributed by atoms with van der Waals surface area (Å²) in [7, 11) is 0. The second kappa shape index (κ2) is 12.7. The molecule has 7 rings (SSSR count). The highest BCUT2D eigenvalue weighted by Gasteiger charge is 2.12. The normalized spacial score (nSPS) is 14.9. The fourth-order valence-electron chi connectivity index (χ4n) is 3.87. The maximum absolute atomic E-state index is 12.6. The van der Waals surface area contributed by atoms with Gasteiger partial charge in [0.1, 0.15) is 11.6 Å². The fourth-order valence-corrected chi connectivity index (χ4v) is 3.87. The van der Waals surface area contributed by atoms with Gasteiger partial charge in [-0.2, -0.15) is 15.0 Å². The van der Waals surface area contributed by atoms with Gasteiger partial charge < -0.3 is 25.0 Å². The summed E-state index contributed by atoms with van der Waals surface area (Å²) in [5.41, 5.74) is 2.54. The van der Waals surface area contributed by atoms with Crippen LogP contribution in [0.4, 0.5) is 5.95 Å². The fraction of sp³-hybridized carbons (Fsp3) is 0.370. The molecule has 0 fully saturated rings. The van der Waals surface area contributed by atoms with E-state index in [-0.39, 0.29) is 17.8 Å².